The summed E-state index contributed by atoms with van der Waals surface area (Å²) in [4.78, 5) is 3.28. The Hall–Kier alpha value is -0.110. The molecule has 8 heavy (non-hydrogen) atoms. The molecular weight excluding hydrogens is 118 g/mol. The Kier molecular flexibility index (Phi) is 1.52. The molecule has 0 amide bonds. The van der Waals surface area contributed by atoms with Gasteiger partial charge < -0.3 is 4.90 Å². The van der Waals surface area contributed by atoms with E-state index in [1.54, 1.807) is 0 Å². The molecule has 1 aliphatic heterocycles. The Morgan fingerprint density at radius 2 is 2.38 bits per heavy atom. The molecule has 1 nitrogen and oxygen atoms in total. The summed E-state index contributed by atoms with van der Waals surface area (Å²) >= 11 is 5.09. The third-order valence-corrected chi connectivity index (χ3v) is 2.41. The van der Waals surface area contributed by atoms with Crippen LogP contribution in [0.3, 0.4) is 0 Å². The highest BCUT2D eigenvalue weighted by Gasteiger charge is 2.19. The highest BCUT2D eigenvalue weighted by molar-refractivity contribution is 7.80. The SMILES string of the molecule is CC1CCN(C)C1=S. The van der Waals surface area contributed by atoms with E-state index in [0.717, 1.165) is 11.5 Å². The van der Waals surface area contributed by atoms with Gasteiger partial charge in [0.25, 0.3) is 0 Å². The molecule has 1 rings (SSSR count). The molecule has 0 radical (unpaired) electrons. The van der Waals surface area contributed by atoms with Gasteiger partial charge in [-0.15, -0.1) is 0 Å². The van der Waals surface area contributed by atoms with Crippen molar-refractivity contribution in [2.75, 3.05) is 13.6 Å². The molecule has 0 bridgehead atoms. The molecule has 0 saturated carbocycles. The highest BCUT2D eigenvalue weighted by atomic mass is 32.1. The van der Waals surface area contributed by atoms with E-state index in [2.05, 4.69) is 18.9 Å². The van der Waals surface area contributed by atoms with Crippen LogP contribution in [-0.4, -0.2) is 23.5 Å². The molecule has 1 atom stereocenters. The third-order valence-electron chi connectivity index (χ3n) is 1.70. The van der Waals surface area contributed by atoms with Crippen LogP contribution in [0.2, 0.25) is 0 Å². The van der Waals surface area contributed by atoms with E-state index in [1.807, 2.05) is 0 Å². The van der Waals surface area contributed by atoms with Gasteiger partial charge in [0.1, 0.15) is 0 Å². The summed E-state index contributed by atoms with van der Waals surface area (Å²) in [5, 5.41) is 0. The summed E-state index contributed by atoms with van der Waals surface area (Å²) in [6, 6.07) is 0. The minimum absolute atomic E-state index is 0.648. The second kappa shape index (κ2) is 2.02. The average Bonchev–Trinajstić information content (AvgIpc) is 1.98. The van der Waals surface area contributed by atoms with E-state index in [0.29, 0.717) is 5.92 Å². The monoisotopic (exact) mass is 129 g/mol. The number of thiocarbonyl (C=S) groups is 1. The molecule has 0 N–H and O–H groups in total. The molecule has 1 saturated heterocycles. The lowest BCUT2D eigenvalue weighted by molar-refractivity contribution is 0.553. The van der Waals surface area contributed by atoms with E-state index < -0.39 is 0 Å². The fraction of sp³-hybridized carbons (Fsp3) is 0.833. The van der Waals surface area contributed by atoms with Crippen LogP contribution in [0.1, 0.15) is 13.3 Å². The molecule has 1 heterocycles. The lowest BCUT2D eigenvalue weighted by Crippen LogP contribution is -2.19. The van der Waals surface area contributed by atoms with Gasteiger partial charge in [-0.05, 0) is 6.42 Å². The van der Waals surface area contributed by atoms with Gasteiger partial charge in [0.2, 0.25) is 0 Å². The van der Waals surface area contributed by atoms with E-state index in [1.165, 1.54) is 6.42 Å². The number of likely N-dealkylation sites (tertiary alicyclic amines) is 1. The first-order valence-electron chi connectivity index (χ1n) is 2.97. The van der Waals surface area contributed by atoms with Crippen molar-refractivity contribution in [1.29, 1.82) is 0 Å². The van der Waals surface area contributed by atoms with Crippen LogP contribution < -0.4 is 0 Å². The minimum Gasteiger partial charge on any atom is -0.369 e. The van der Waals surface area contributed by atoms with Crippen LogP contribution in [0.5, 0.6) is 0 Å². The maximum atomic E-state index is 5.09. The van der Waals surface area contributed by atoms with Gasteiger partial charge in [0, 0.05) is 19.5 Å². The van der Waals surface area contributed by atoms with Crippen molar-refractivity contribution in [1.82, 2.24) is 4.90 Å². The number of nitrogens with zero attached hydrogens (tertiary/aromatic N) is 1. The largest absolute Gasteiger partial charge is 0.369 e. The molecular formula is C6H11NS. The van der Waals surface area contributed by atoms with Crippen LogP contribution in [0.15, 0.2) is 0 Å². The van der Waals surface area contributed by atoms with Crippen LogP contribution >= 0.6 is 12.2 Å². The average molecular weight is 129 g/mol. The Bertz CT molecular complexity index is 99.1. The first kappa shape index (κ1) is 6.02. The zero-order valence-corrected chi connectivity index (χ0v) is 6.16. The summed E-state index contributed by atoms with van der Waals surface area (Å²) < 4.78 is 0. The van der Waals surface area contributed by atoms with Crippen molar-refractivity contribution in [3.05, 3.63) is 0 Å². The fourth-order valence-corrected chi connectivity index (χ4v) is 1.21. The van der Waals surface area contributed by atoms with Crippen molar-refractivity contribution in [2.45, 2.75) is 13.3 Å². The van der Waals surface area contributed by atoms with E-state index >= 15 is 0 Å². The minimum atomic E-state index is 0.648. The number of hydrogen-bond donors (Lipinski definition) is 0. The summed E-state index contributed by atoms with van der Waals surface area (Å²) in [6.07, 6.45) is 1.25. The molecule has 0 spiro atoms. The number of rotatable bonds is 0. The van der Waals surface area contributed by atoms with Crippen molar-refractivity contribution >= 4 is 17.2 Å². The highest BCUT2D eigenvalue weighted by Crippen LogP contribution is 2.15. The Balaban J connectivity index is 2.57. The molecule has 1 unspecified atom stereocenters. The standard InChI is InChI=1S/C6H11NS/c1-5-3-4-7(2)6(5)8/h5H,3-4H2,1-2H3. The summed E-state index contributed by atoms with van der Waals surface area (Å²) in [5.41, 5.74) is 0. The van der Waals surface area contributed by atoms with Crippen LogP contribution in [0, 0.1) is 5.92 Å². The molecule has 46 valence electrons. The normalized spacial score (nSPS) is 29.5. The number of hydrogen-bond acceptors (Lipinski definition) is 1. The molecule has 1 aliphatic rings. The predicted octanol–water partition coefficient (Wildman–Crippen LogP) is 1.29. The van der Waals surface area contributed by atoms with Gasteiger partial charge in [0.15, 0.2) is 0 Å². The van der Waals surface area contributed by atoms with Crippen molar-refractivity contribution in [2.24, 2.45) is 5.92 Å². The topological polar surface area (TPSA) is 3.24 Å². The molecule has 1 fully saturated rings. The van der Waals surface area contributed by atoms with Crippen molar-refractivity contribution < 1.29 is 0 Å². The zero-order valence-electron chi connectivity index (χ0n) is 5.35. The Morgan fingerprint density at radius 1 is 1.75 bits per heavy atom. The summed E-state index contributed by atoms with van der Waals surface area (Å²) in [5.74, 6) is 0.648. The molecule has 0 aromatic rings. The van der Waals surface area contributed by atoms with Crippen LogP contribution in [0.25, 0.3) is 0 Å². The predicted molar refractivity (Wildman–Crippen MR) is 39.0 cm³/mol. The second-order valence-electron chi connectivity index (χ2n) is 2.45. The molecule has 2 heteroatoms. The molecule has 0 aromatic heterocycles. The van der Waals surface area contributed by atoms with Crippen molar-refractivity contribution in [3.8, 4) is 0 Å². The van der Waals surface area contributed by atoms with Crippen LogP contribution in [-0.2, 0) is 0 Å². The maximum absolute atomic E-state index is 5.09. The van der Waals surface area contributed by atoms with Crippen LogP contribution in [0.4, 0.5) is 0 Å². The zero-order chi connectivity index (χ0) is 6.15. The molecule has 0 aliphatic carbocycles. The van der Waals surface area contributed by atoms with Crippen molar-refractivity contribution in [3.63, 3.8) is 0 Å². The Labute approximate surface area is 55.7 Å². The van der Waals surface area contributed by atoms with Gasteiger partial charge in [-0.3, -0.25) is 0 Å². The second-order valence-corrected chi connectivity index (χ2v) is 2.87. The Morgan fingerprint density at radius 3 is 2.50 bits per heavy atom. The maximum Gasteiger partial charge on any atom is 0.0805 e. The van der Waals surface area contributed by atoms with Gasteiger partial charge >= 0.3 is 0 Å². The van der Waals surface area contributed by atoms with Gasteiger partial charge in [0.05, 0.1) is 4.99 Å². The first-order chi connectivity index (χ1) is 3.72. The van der Waals surface area contributed by atoms with Gasteiger partial charge in [-0.1, -0.05) is 19.1 Å². The lowest BCUT2D eigenvalue weighted by Gasteiger charge is -2.09. The lowest BCUT2D eigenvalue weighted by atomic mass is 10.2. The van der Waals surface area contributed by atoms with E-state index in [4.69, 9.17) is 12.2 Å². The van der Waals surface area contributed by atoms with Gasteiger partial charge in [-0.2, -0.15) is 0 Å². The third kappa shape index (κ3) is 0.848. The van der Waals surface area contributed by atoms with Gasteiger partial charge in [-0.25, -0.2) is 0 Å². The fourth-order valence-electron chi connectivity index (χ4n) is 0.997. The summed E-state index contributed by atoms with van der Waals surface area (Å²) in [6.45, 7) is 3.34. The quantitative estimate of drug-likeness (QED) is 0.453. The smallest absolute Gasteiger partial charge is 0.0805 e. The summed E-state index contributed by atoms with van der Waals surface area (Å²) in [7, 11) is 2.06. The molecule has 0 aromatic carbocycles. The van der Waals surface area contributed by atoms with E-state index in [9.17, 15) is 0 Å². The van der Waals surface area contributed by atoms with E-state index in [-0.39, 0.29) is 0 Å². The first-order valence-corrected chi connectivity index (χ1v) is 3.37.